The highest BCUT2D eigenvalue weighted by molar-refractivity contribution is 7.12. The highest BCUT2D eigenvalue weighted by Crippen LogP contribution is 2.12. The number of carbonyl (C=O) groups is 2. The van der Waals surface area contributed by atoms with Gasteiger partial charge in [-0.1, -0.05) is 18.2 Å². The Hall–Kier alpha value is -2.67. The topological polar surface area (TPSA) is 90.8 Å². The lowest BCUT2D eigenvalue weighted by atomic mass is 10.2. The molecule has 3 N–H and O–H groups in total. The van der Waals surface area contributed by atoms with E-state index in [1.807, 2.05) is 0 Å². The molecule has 0 aliphatic rings. The van der Waals surface area contributed by atoms with Crippen molar-refractivity contribution in [1.29, 1.82) is 0 Å². The van der Waals surface area contributed by atoms with Crippen LogP contribution in [-0.4, -0.2) is 29.7 Å². The molecule has 2 rings (SSSR count). The molecule has 0 atom stereocenters. The van der Waals surface area contributed by atoms with Crippen molar-refractivity contribution in [2.24, 2.45) is 5.10 Å². The number of para-hydroxylation sites is 1. The number of rotatable bonds is 5. The Labute approximate surface area is 125 Å². The Morgan fingerprint density at radius 2 is 2.05 bits per heavy atom. The summed E-state index contributed by atoms with van der Waals surface area (Å²) >= 11 is 1.30. The second-order valence-electron chi connectivity index (χ2n) is 4.01. The van der Waals surface area contributed by atoms with Crippen molar-refractivity contribution < 1.29 is 14.7 Å². The molecule has 0 saturated heterocycles. The van der Waals surface area contributed by atoms with Gasteiger partial charge in [0.1, 0.15) is 5.75 Å². The maximum atomic E-state index is 11.6. The van der Waals surface area contributed by atoms with Gasteiger partial charge in [-0.25, -0.2) is 5.43 Å². The van der Waals surface area contributed by atoms with Gasteiger partial charge in [-0.15, -0.1) is 11.3 Å². The van der Waals surface area contributed by atoms with Crippen molar-refractivity contribution in [1.82, 2.24) is 10.7 Å². The number of amides is 2. The molecule has 2 aromatic rings. The number of hydrazone groups is 1. The average Bonchev–Trinajstić information content (AvgIpc) is 3.01. The van der Waals surface area contributed by atoms with E-state index in [9.17, 15) is 14.7 Å². The average molecular weight is 303 g/mol. The zero-order valence-electron chi connectivity index (χ0n) is 10.9. The third-order valence-corrected chi connectivity index (χ3v) is 3.35. The minimum absolute atomic E-state index is 0.0708. The molecule has 1 aromatic heterocycles. The standard InChI is InChI=1S/C14H13N3O3S/c18-11-5-2-1-4-10(11)8-16-17-13(19)9-15-14(20)12-6-3-7-21-12/h1-8,18H,9H2,(H,15,20)(H,17,19). The maximum absolute atomic E-state index is 11.6. The normalized spacial score (nSPS) is 10.5. The molecule has 0 aliphatic heterocycles. The summed E-state index contributed by atoms with van der Waals surface area (Å²) in [6.45, 7) is -0.172. The second-order valence-corrected chi connectivity index (χ2v) is 4.96. The van der Waals surface area contributed by atoms with Crippen LogP contribution in [0.2, 0.25) is 0 Å². The van der Waals surface area contributed by atoms with Crippen LogP contribution in [-0.2, 0) is 4.79 Å². The fourth-order valence-electron chi connectivity index (χ4n) is 1.47. The molecule has 0 unspecified atom stereocenters. The smallest absolute Gasteiger partial charge is 0.261 e. The van der Waals surface area contributed by atoms with E-state index in [1.165, 1.54) is 23.6 Å². The molecular formula is C14H13N3O3S. The summed E-state index contributed by atoms with van der Waals surface area (Å²) in [5.74, 6) is -0.682. The SMILES string of the molecule is O=C(CNC(=O)c1cccs1)NN=Cc1ccccc1O. The first-order valence-corrected chi connectivity index (χ1v) is 6.96. The molecule has 0 bridgehead atoms. The molecule has 6 nitrogen and oxygen atoms in total. The van der Waals surface area contributed by atoms with Gasteiger partial charge in [0.15, 0.2) is 0 Å². The van der Waals surface area contributed by atoms with E-state index in [0.29, 0.717) is 10.4 Å². The van der Waals surface area contributed by atoms with Crippen LogP contribution in [0, 0.1) is 0 Å². The highest BCUT2D eigenvalue weighted by Gasteiger charge is 2.07. The van der Waals surface area contributed by atoms with Crippen molar-refractivity contribution in [2.75, 3.05) is 6.54 Å². The van der Waals surface area contributed by atoms with Crippen LogP contribution in [0.5, 0.6) is 5.75 Å². The van der Waals surface area contributed by atoms with Crippen molar-refractivity contribution in [2.45, 2.75) is 0 Å². The largest absolute Gasteiger partial charge is 0.507 e. The zero-order chi connectivity index (χ0) is 15.1. The summed E-state index contributed by atoms with van der Waals surface area (Å²) in [7, 11) is 0. The predicted molar refractivity (Wildman–Crippen MR) is 80.5 cm³/mol. The lowest BCUT2D eigenvalue weighted by Gasteiger charge is -2.02. The van der Waals surface area contributed by atoms with Crippen LogP contribution in [0.15, 0.2) is 46.9 Å². The molecule has 21 heavy (non-hydrogen) atoms. The monoisotopic (exact) mass is 303 g/mol. The Morgan fingerprint density at radius 1 is 1.24 bits per heavy atom. The molecule has 0 fully saturated rings. The minimum Gasteiger partial charge on any atom is -0.507 e. The first-order valence-electron chi connectivity index (χ1n) is 6.08. The number of thiophene rings is 1. The van der Waals surface area contributed by atoms with E-state index in [4.69, 9.17) is 0 Å². The van der Waals surface area contributed by atoms with Gasteiger partial charge in [-0.3, -0.25) is 9.59 Å². The van der Waals surface area contributed by atoms with Crippen LogP contribution in [0.25, 0.3) is 0 Å². The molecule has 0 aliphatic carbocycles. The number of aromatic hydroxyl groups is 1. The Balaban J connectivity index is 1.78. The van der Waals surface area contributed by atoms with E-state index in [1.54, 1.807) is 35.7 Å². The fourth-order valence-corrected chi connectivity index (χ4v) is 2.11. The van der Waals surface area contributed by atoms with E-state index in [2.05, 4.69) is 15.8 Å². The number of benzene rings is 1. The summed E-state index contributed by atoms with van der Waals surface area (Å²) < 4.78 is 0. The quantitative estimate of drug-likeness (QED) is 0.575. The molecule has 1 aromatic carbocycles. The summed E-state index contributed by atoms with van der Waals surface area (Å²) in [4.78, 5) is 23.6. The van der Waals surface area contributed by atoms with Crippen molar-refractivity contribution >= 4 is 29.4 Å². The van der Waals surface area contributed by atoms with Gasteiger partial charge in [-0.05, 0) is 23.6 Å². The Morgan fingerprint density at radius 3 is 2.76 bits per heavy atom. The fraction of sp³-hybridized carbons (Fsp3) is 0.0714. The third-order valence-electron chi connectivity index (χ3n) is 2.48. The molecule has 0 radical (unpaired) electrons. The first-order chi connectivity index (χ1) is 10.2. The van der Waals surface area contributed by atoms with Crippen molar-refractivity contribution in [3.05, 3.63) is 52.2 Å². The van der Waals surface area contributed by atoms with Gasteiger partial charge in [0.2, 0.25) is 0 Å². The minimum atomic E-state index is -0.452. The number of phenolic OH excluding ortho intramolecular Hbond substituents is 1. The molecule has 0 spiro atoms. The number of nitrogens with one attached hydrogen (secondary N) is 2. The van der Waals surface area contributed by atoms with Crippen LogP contribution in [0.1, 0.15) is 15.2 Å². The van der Waals surface area contributed by atoms with Gasteiger partial charge >= 0.3 is 0 Å². The number of hydrogen-bond acceptors (Lipinski definition) is 5. The van der Waals surface area contributed by atoms with Crippen molar-refractivity contribution in [3.8, 4) is 5.75 Å². The van der Waals surface area contributed by atoms with Gasteiger partial charge in [-0.2, -0.15) is 5.10 Å². The molecule has 0 saturated carbocycles. The van der Waals surface area contributed by atoms with E-state index in [0.717, 1.165) is 0 Å². The second kappa shape index (κ2) is 7.20. The highest BCUT2D eigenvalue weighted by atomic mass is 32.1. The summed E-state index contributed by atoms with van der Waals surface area (Å²) in [5.41, 5.74) is 2.75. The van der Waals surface area contributed by atoms with Crippen LogP contribution in [0.3, 0.4) is 0 Å². The van der Waals surface area contributed by atoms with Crippen LogP contribution < -0.4 is 10.7 Å². The number of carbonyl (C=O) groups excluding carboxylic acids is 2. The third kappa shape index (κ3) is 4.43. The van der Waals surface area contributed by atoms with Gasteiger partial charge in [0.05, 0.1) is 17.6 Å². The lowest BCUT2D eigenvalue weighted by Crippen LogP contribution is -2.34. The molecular weight excluding hydrogens is 290 g/mol. The number of nitrogens with zero attached hydrogens (tertiary/aromatic N) is 1. The zero-order valence-corrected chi connectivity index (χ0v) is 11.8. The summed E-state index contributed by atoms with van der Waals surface area (Å²) in [6, 6.07) is 10.0. The Bertz CT molecular complexity index is 653. The van der Waals surface area contributed by atoms with E-state index in [-0.39, 0.29) is 18.2 Å². The van der Waals surface area contributed by atoms with Gasteiger partial charge in [0, 0.05) is 5.56 Å². The molecule has 108 valence electrons. The summed E-state index contributed by atoms with van der Waals surface area (Å²) in [6.07, 6.45) is 1.33. The van der Waals surface area contributed by atoms with Gasteiger partial charge in [0.25, 0.3) is 11.8 Å². The lowest BCUT2D eigenvalue weighted by molar-refractivity contribution is -0.120. The Kier molecular flexibility index (Phi) is 5.05. The summed E-state index contributed by atoms with van der Waals surface area (Å²) in [5, 5.41) is 17.5. The van der Waals surface area contributed by atoms with E-state index >= 15 is 0 Å². The molecule has 2 amide bonds. The maximum Gasteiger partial charge on any atom is 0.261 e. The van der Waals surface area contributed by atoms with Crippen LogP contribution >= 0.6 is 11.3 Å². The molecule has 7 heteroatoms. The van der Waals surface area contributed by atoms with Gasteiger partial charge < -0.3 is 10.4 Å². The number of phenols is 1. The van der Waals surface area contributed by atoms with E-state index < -0.39 is 5.91 Å². The molecule has 1 heterocycles. The van der Waals surface area contributed by atoms with Crippen LogP contribution in [0.4, 0.5) is 0 Å². The number of hydrogen-bond donors (Lipinski definition) is 3. The van der Waals surface area contributed by atoms with Crippen molar-refractivity contribution in [3.63, 3.8) is 0 Å². The predicted octanol–water partition coefficient (Wildman–Crippen LogP) is 1.33. The first kappa shape index (κ1) is 14.7.